The third-order valence-corrected chi connectivity index (χ3v) is 4.21. The van der Waals surface area contributed by atoms with E-state index < -0.39 is 0 Å². The van der Waals surface area contributed by atoms with Crippen molar-refractivity contribution in [3.63, 3.8) is 0 Å². The van der Waals surface area contributed by atoms with Gasteiger partial charge in [0, 0.05) is 32.4 Å². The Morgan fingerprint density at radius 1 is 1.35 bits per heavy atom. The lowest BCUT2D eigenvalue weighted by atomic mass is 9.93. The van der Waals surface area contributed by atoms with Gasteiger partial charge in [-0.1, -0.05) is 0 Å². The molecule has 0 aromatic carbocycles. The summed E-state index contributed by atoms with van der Waals surface area (Å²) in [7, 11) is 4.07. The quantitative estimate of drug-likeness (QED) is 0.822. The van der Waals surface area contributed by atoms with Gasteiger partial charge in [0.2, 0.25) is 5.91 Å². The van der Waals surface area contributed by atoms with Gasteiger partial charge in [-0.3, -0.25) is 9.78 Å². The van der Waals surface area contributed by atoms with E-state index in [0.717, 1.165) is 38.9 Å². The van der Waals surface area contributed by atoms with Crippen molar-refractivity contribution >= 4 is 5.91 Å². The minimum absolute atomic E-state index is 0.286. The lowest BCUT2D eigenvalue weighted by Gasteiger charge is -2.29. The molecule has 0 N–H and O–H groups in total. The molecule has 0 aliphatic carbocycles. The maximum Gasteiger partial charge on any atom is 0.222 e. The van der Waals surface area contributed by atoms with Crippen LogP contribution in [0.1, 0.15) is 24.8 Å². The van der Waals surface area contributed by atoms with Crippen LogP contribution < -0.4 is 0 Å². The number of carbonyl (C=O) groups is 1. The first kappa shape index (κ1) is 15.0. The minimum Gasteiger partial charge on any atom is -0.345 e. The van der Waals surface area contributed by atoms with Crippen LogP contribution in [0.15, 0.2) is 24.5 Å². The van der Waals surface area contributed by atoms with Gasteiger partial charge < -0.3 is 9.80 Å². The molecule has 2 heterocycles. The lowest BCUT2D eigenvalue weighted by molar-refractivity contribution is -0.131. The summed E-state index contributed by atoms with van der Waals surface area (Å²) in [6, 6.07) is 4.02. The molecule has 4 nitrogen and oxygen atoms in total. The van der Waals surface area contributed by atoms with E-state index in [0.29, 0.717) is 12.3 Å². The molecule has 0 radical (unpaired) electrons. The number of pyridine rings is 1. The molecule has 1 aliphatic rings. The Morgan fingerprint density at radius 3 is 2.65 bits per heavy atom. The summed E-state index contributed by atoms with van der Waals surface area (Å²) in [6.07, 6.45) is 7.52. The first-order chi connectivity index (χ1) is 9.65. The standard InChI is InChI=1S/C16H25N3O/c1-18-10-5-15(6-11-18)13-16(20)19(2)12-7-14-3-8-17-9-4-14/h3-4,8-9,15H,5-7,10-13H2,1-2H3. The van der Waals surface area contributed by atoms with Crippen LogP contribution in [0.4, 0.5) is 0 Å². The summed E-state index contributed by atoms with van der Waals surface area (Å²) in [6.45, 7) is 3.03. The lowest BCUT2D eigenvalue weighted by Crippen LogP contribution is -2.35. The molecule has 1 fully saturated rings. The predicted octanol–water partition coefficient (Wildman–Crippen LogP) is 1.81. The number of nitrogens with zero attached hydrogens (tertiary/aromatic N) is 3. The molecule has 0 atom stereocenters. The predicted molar refractivity (Wildman–Crippen MR) is 80.4 cm³/mol. The van der Waals surface area contributed by atoms with Crippen molar-refractivity contribution in [1.29, 1.82) is 0 Å². The molecular formula is C16H25N3O. The maximum atomic E-state index is 12.2. The van der Waals surface area contributed by atoms with E-state index in [9.17, 15) is 4.79 Å². The van der Waals surface area contributed by atoms with Crippen LogP contribution in [0.3, 0.4) is 0 Å². The van der Waals surface area contributed by atoms with Gasteiger partial charge in [-0.25, -0.2) is 0 Å². The summed E-state index contributed by atoms with van der Waals surface area (Å²) < 4.78 is 0. The highest BCUT2D eigenvalue weighted by atomic mass is 16.2. The second-order valence-corrected chi connectivity index (χ2v) is 5.87. The third-order valence-electron chi connectivity index (χ3n) is 4.21. The van der Waals surface area contributed by atoms with Crippen LogP contribution in [0.25, 0.3) is 0 Å². The van der Waals surface area contributed by atoms with Crippen molar-refractivity contribution in [2.24, 2.45) is 5.92 Å². The van der Waals surface area contributed by atoms with Gasteiger partial charge in [-0.15, -0.1) is 0 Å². The highest BCUT2D eigenvalue weighted by molar-refractivity contribution is 5.76. The number of rotatable bonds is 5. The molecule has 0 unspecified atom stereocenters. The number of carbonyl (C=O) groups excluding carboxylic acids is 1. The molecular weight excluding hydrogens is 250 g/mol. The molecule has 1 aromatic rings. The van der Waals surface area contributed by atoms with Crippen LogP contribution in [-0.2, 0) is 11.2 Å². The van der Waals surface area contributed by atoms with Gasteiger partial charge in [-0.05, 0) is 63.0 Å². The third kappa shape index (κ3) is 4.60. The summed E-state index contributed by atoms with van der Waals surface area (Å²) in [5.74, 6) is 0.857. The number of likely N-dealkylation sites (tertiary alicyclic amines) is 1. The zero-order valence-electron chi connectivity index (χ0n) is 12.6. The fourth-order valence-electron chi connectivity index (χ4n) is 2.64. The van der Waals surface area contributed by atoms with Gasteiger partial charge in [0.05, 0.1) is 0 Å². The molecule has 0 spiro atoms. The fraction of sp³-hybridized carbons (Fsp3) is 0.625. The SMILES string of the molecule is CN1CCC(CC(=O)N(C)CCc2ccncc2)CC1. The second kappa shape index (κ2) is 7.39. The summed E-state index contributed by atoms with van der Waals surface area (Å²) in [4.78, 5) is 20.4. The van der Waals surface area contributed by atoms with Gasteiger partial charge in [-0.2, -0.15) is 0 Å². The van der Waals surface area contributed by atoms with E-state index >= 15 is 0 Å². The Kier molecular flexibility index (Phi) is 5.53. The summed E-state index contributed by atoms with van der Waals surface area (Å²) in [5, 5.41) is 0. The highest BCUT2D eigenvalue weighted by Crippen LogP contribution is 2.20. The number of hydrogen-bond acceptors (Lipinski definition) is 3. The van der Waals surface area contributed by atoms with Gasteiger partial charge in [0.15, 0.2) is 0 Å². The van der Waals surface area contributed by atoms with E-state index in [1.807, 2.05) is 24.1 Å². The van der Waals surface area contributed by atoms with Crippen molar-refractivity contribution < 1.29 is 4.79 Å². The Hall–Kier alpha value is -1.42. The molecule has 1 aromatic heterocycles. The van der Waals surface area contributed by atoms with Crippen LogP contribution in [0.2, 0.25) is 0 Å². The second-order valence-electron chi connectivity index (χ2n) is 5.87. The number of hydrogen-bond donors (Lipinski definition) is 0. The molecule has 0 saturated carbocycles. The molecule has 4 heteroatoms. The molecule has 1 amide bonds. The van der Waals surface area contributed by atoms with Crippen LogP contribution in [0.5, 0.6) is 0 Å². The van der Waals surface area contributed by atoms with E-state index in [1.165, 1.54) is 5.56 Å². The number of piperidine rings is 1. The zero-order chi connectivity index (χ0) is 14.4. The Bertz CT molecular complexity index is 413. The Morgan fingerprint density at radius 2 is 2.00 bits per heavy atom. The monoisotopic (exact) mass is 275 g/mol. The minimum atomic E-state index is 0.286. The first-order valence-electron chi connectivity index (χ1n) is 7.46. The van der Waals surface area contributed by atoms with Gasteiger partial charge in [0.25, 0.3) is 0 Å². The largest absolute Gasteiger partial charge is 0.345 e. The molecule has 110 valence electrons. The first-order valence-corrected chi connectivity index (χ1v) is 7.46. The van der Waals surface area contributed by atoms with Crippen molar-refractivity contribution in [3.05, 3.63) is 30.1 Å². The van der Waals surface area contributed by atoms with Gasteiger partial charge >= 0.3 is 0 Å². The van der Waals surface area contributed by atoms with E-state index in [1.54, 1.807) is 12.4 Å². The van der Waals surface area contributed by atoms with Crippen LogP contribution in [0, 0.1) is 5.92 Å². The van der Waals surface area contributed by atoms with Crippen molar-refractivity contribution in [3.8, 4) is 0 Å². The Balaban J connectivity index is 1.72. The Labute approximate surface area is 121 Å². The van der Waals surface area contributed by atoms with E-state index in [4.69, 9.17) is 0 Å². The van der Waals surface area contributed by atoms with Crippen LogP contribution in [-0.4, -0.2) is 54.4 Å². The summed E-state index contributed by atoms with van der Waals surface area (Å²) >= 11 is 0. The maximum absolute atomic E-state index is 12.2. The van der Waals surface area contributed by atoms with Crippen molar-refractivity contribution in [2.75, 3.05) is 33.7 Å². The zero-order valence-corrected chi connectivity index (χ0v) is 12.6. The number of likely N-dealkylation sites (N-methyl/N-ethyl adjacent to an activating group) is 1. The van der Waals surface area contributed by atoms with E-state index in [2.05, 4.69) is 16.9 Å². The average Bonchev–Trinajstić information content (AvgIpc) is 2.48. The molecule has 1 saturated heterocycles. The molecule has 0 bridgehead atoms. The molecule has 1 aliphatic heterocycles. The van der Waals surface area contributed by atoms with Crippen molar-refractivity contribution in [1.82, 2.24) is 14.8 Å². The smallest absolute Gasteiger partial charge is 0.222 e. The topological polar surface area (TPSA) is 36.4 Å². The van der Waals surface area contributed by atoms with Crippen LogP contribution >= 0.6 is 0 Å². The van der Waals surface area contributed by atoms with Crippen molar-refractivity contribution in [2.45, 2.75) is 25.7 Å². The summed E-state index contributed by atoms with van der Waals surface area (Å²) in [5.41, 5.74) is 1.24. The molecule has 2 rings (SSSR count). The number of amides is 1. The normalized spacial score (nSPS) is 17.1. The van der Waals surface area contributed by atoms with E-state index in [-0.39, 0.29) is 5.91 Å². The average molecular weight is 275 g/mol. The van der Waals surface area contributed by atoms with Gasteiger partial charge in [0.1, 0.15) is 0 Å². The number of aromatic nitrogens is 1. The highest BCUT2D eigenvalue weighted by Gasteiger charge is 2.21. The fourth-order valence-corrected chi connectivity index (χ4v) is 2.64. The molecule has 20 heavy (non-hydrogen) atoms.